The van der Waals surface area contributed by atoms with Gasteiger partial charge in [0.25, 0.3) is 11.8 Å². The molecule has 0 saturated carbocycles. The van der Waals surface area contributed by atoms with Gasteiger partial charge in [0.2, 0.25) is 11.8 Å². The van der Waals surface area contributed by atoms with Crippen molar-refractivity contribution in [2.75, 3.05) is 19.6 Å². The minimum absolute atomic E-state index is 0.0687. The number of nitrogens with zero attached hydrogens (tertiary/aromatic N) is 4. The molecule has 2 amide bonds. The molecule has 0 spiro atoms. The van der Waals surface area contributed by atoms with Crippen LogP contribution in [0.4, 0.5) is 0 Å². The molecule has 7 heteroatoms. The lowest BCUT2D eigenvalue weighted by atomic mass is 10.1. The van der Waals surface area contributed by atoms with E-state index in [0.717, 1.165) is 0 Å². The fraction of sp³-hybridized carbons (Fsp3) is 0.273. The van der Waals surface area contributed by atoms with Crippen LogP contribution in [0.3, 0.4) is 0 Å². The minimum atomic E-state index is -0.501. The molecule has 29 heavy (non-hydrogen) atoms. The fourth-order valence-corrected chi connectivity index (χ4v) is 3.58. The molecule has 1 aromatic heterocycles. The lowest BCUT2D eigenvalue weighted by Crippen LogP contribution is -2.40. The molecule has 0 N–H and O–H groups in total. The zero-order valence-corrected chi connectivity index (χ0v) is 16.2. The van der Waals surface area contributed by atoms with Gasteiger partial charge in [0.1, 0.15) is 6.04 Å². The Morgan fingerprint density at radius 1 is 0.897 bits per heavy atom. The molecule has 0 aliphatic carbocycles. The molecule has 0 bridgehead atoms. The standard InChI is InChI=1S/C22H22N4O3/c1-16-23-24-20(29-16)19-15-25(21(27)17-9-4-2-5-10-17)13-8-14-26(19)22(28)18-11-6-3-7-12-18/h2-7,9-12,19H,8,13-15H2,1H3/t19-/m0/s1. The maximum atomic E-state index is 13.2. The quantitative estimate of drug-likeness (QED) is 0.687. The van der Waals surface area contributed by atoms with Gasteiger partial charge < -0.3 is 14.2 Å². The van der Waals surface area contributed by atoms with E-state index in [9.17, 15) is 9.59 Å². The monoisotopic (exact) mass is 390 g/mol. The molecular formula is C22H22N4O3. The maximum Gasteiger partial charge on any atom is 0.254 e. The average Bonchev–Trinajstić information content (AvgIpc) is 3.07. The number of rotatable bonds is 3. The summed E-state index contributed by atoms with van der Waals surface area (Å²) in [6.07, 6.45) is 0.667. The summed E-state index contributed by atoms with van der Waals surface area (Å²) in [5, 5.41) is 8.08. The van der Waals surface area contributed by atoms with E-state index in [2.05, 4.69) is 10.2 Å². The minimum Gasteiger partial charge on any atom is -0.423 e. The molecule has 1 aliphatic heterocycles. The normalized spacial score (nSPS) is 17.1. The van der Waals surface area contributed by atoms with Crippen LogP contribution in [-0.4, -0.2) is 51.4 Å². The third kappa shape index (κ3) is 4.03. The second-order valence-electron chi connectivity index (χ2n) is 7.01. The zero-order chi connectivity index (χ0) is 20.2. The summed E-state index contributed by atoms with van der Waals surface area (Å²) in [7, 11) is 0. The van der Waals surface area contributed by atoms with Crippen molar-refractivity contribution in [3.8, 4) is 0 Å². The lowest BCUT2D eigenvalue weighted by molar-refractivity contribution is 0.0599. The number of aryl methyl sites for hydroxylation is 1. The van der Waals surface area contributed by atoms with Gasteiger partial charge in [-0.15, -0.1) is 10.2 Å². The van der Waals surface area contributed by atoms with E-state index >= 15 is 0 Å². The van der Waals surface area contributed by atoms with E-state index in [1.807, 2.05) is 36.4 Å². The van der Waals surface area contributed by atoms with Crippen LogP contribution in [0, 0.1) is 6.92 Å². The molecule has 1 atom stereocenters. The number of hydrogen-bond donors (Lipinski definition) is 0. The van der Waals surface area contributed by atoms with Crippen molar-refractivity contribution in [1.29, 1.82) is 0 Å². The summed E-state index contributed by atoms with van der Waals surface area (Å²) < 4.78 is 5.67. The van der Waals surface area contributed by atoms with E-state index in [0.29, 0.717) is 49.0 Å². The van der Waals surface area contributed by atoms with Gasteiger partial charge in [0.05, 0.1) is 6.54 Å². The number of aromatic nitrogens is 2. The second-order valence-corrected chi connectivity index (χ2v) is 7.01. The van der Waals surface area contributed by atoms with Crippen LogP contribution in [0.25, 0.3) is 0 Å². The summed E-state index contributed by atoms with van der Waals surface area (Å²) in [4.78, 5) is 29.8. The molecule has 2 heterocycles. The highest BCUT2D eigenvalue weighted by molar-refractivity contribution is 5.95. The Bertz CT molecular complexity index is 988. The fourth-order valence-electron chi connectivity index (χ4n) is 3.58. The lowest BCUT2D eigenvalue weighted by Gasteiger charge is -2.29. The Morgan fingerprint density at radius 2 is 1.52 bits per heavy atom. The highest BCUT2D eigenvalue weighted by Gasteiger charge is 2.35. The number of carbonyl (C=O) groups excluding carboxylic acids is 2. The van der Waals surface area contributed by atoms with Crippen molar-refractivity contribution in [2.45, 2.75) is 19.4 Å². The van der Waals surface area contributed by atoms with Gasteiger partial charge >= 0.3 is 0 Å². The van der Waals surface area contributed by atoms with Crippen molar-refractivity contribution in [3.05, 3.63) is 83.6 Å². The Morgan fingerprint density at radius 3 is 2.10 bits per heavy atom. The molecule has 1 aliphatic rings. The molecule has 4 rings (SSSR count). The molecule has 1 saturated heterocycles. The zero-order valence-electron chi connectivity index (χ0n) is 16.2. The first kappa shape index (κ1) is 18.9. The number of carbonyl (C=O) groups is 2. The van der Waals surface area contributed by atoms with Crippen LogP contribution in [0.15, 0.2) is 65.1 Å². The number of benzene rings is 2. The van der Waals surface area contributed by atoms with Crippen LogP contribution in [0.1, 0.15) is 45.0 Å². The molecule has 3 aromatic rings. The summed E-state index contributed by atoms with van der Waals surface area (Å²) in [6.45, 7) is 3.06. The molecule has 1 fully saturated rings. The maximum absolute atomic E-state index is 13.2. The average molecular weight is 390 g/mol. The van der Waals surface area contributed by atoms with E-state index in [1.165, 1.54) is 0 Å². The van der Waals surface area contributed by atoms with Gasteiger partial charge in [-0.05, 0) is 30.7 Å². The highest BCUT2D eigenvalue weighted by atomic mass is 16.4. The van der Waals surface area contributed by atoms with Crippen molar-refractivity contribution in [1.82, 2.24) is 20.0 Å². The van der Waals surface area contributed by atoms with E-state index in [4.69, 9.17) is 4.42 Å². The predicted molar refractivity (Wildman–Crippen MR) is 106 cm³/mol. The first-order chi connectivity index (χ1) is 14.1. The topological polar surface area (TPSA) is 79.5 Å². The van der Waals surface area contributed by atoms with Crippen LogP contribution in [-0.2, 0) is 0 Å². The van der Waals surface area contributed by atoms with Crippen LogP contribution in [0.5, 0.6) is 0 Å². The molecule has 0 unspecified atom stereocenters. The van der Waals surface area contributed by atoms with Crippen molar-refractivity contribution < 1.29 is 14.0 Å². The van der Waals surface area contributed by atoms with Crippen molar-refractivity contribution in [2.24, 2.45) is 0 Å². The first-order valence-corrected chi connectivity index (χ1v) is 9.64. The van der Waals surface area contributed by atoms with E-state index in [1.54, 1.807) is 41.0 Å². The van der Waals surface area contributed by atoms with Crippen LogP contribution in [0.2, 0.25) is 0 Å². The smallest absolute Gasteiger partial charge is 0.254 e. The number of hydrogen-bond acceptors (Lipinski definition) is 5. The summed E-state index contributed by atoms with van der Waals surface area (Å²) in [5.41, 5.74) is 1.22. The van der Waals surface area contributed by atoms with E-state index in [-0.39, 0.29) is 11.8 Å². The Balaban J connectivity index is 1.66. The first-order valence-electron chi connectivity index (χ1n) is 9.64. The van der Waals surface area contributed by atoms with Crippen LogP contribution >= 0.6 is 0 Å². The molecular weight excluding hydrogens is 368 g/mol. The number of amides is 2. The molecule has 148 valence electrons. The summed E-state index contributed by atoms with van der Waals surface area (Å²) in [6, 6.07) is 17.8. The van der Waals surface area contributed by atoms with Crippen LogP contribution < -0.4 is 0 Å². The van der Waals surface area contributed by atoms with Crippen molar-refractivity contribution in [3.63, 3.8) is 0 Å². The van der Waals surface area contributed by atoms with Gasteiger partial charge in [-0.3, -0.25) is 9.59 Å². The Labute approximate surface area is 169 Å². The van der Waals surface area contributed by atoms with Gasteiger partial charge in [-0.1, -0.05) is 36.4 Å². The third-order valence-corrected chi connectivity index (χ3v) is 5.01. The largest absolute Gasteiger partial charge is 0.423 e. The third-order valence-electron chi connectivity index (χ3n) is 5.01. The summed E-state index contributed by atoms with van der Waals surface area (Å²) >= 11 is 0. The Hall–Kier alpha value is -3.48. The van der Waals surface area contributed by atoms with Gasteiger partial charge in [-0.25, -0.2) is 0 Å². The highest BCUT2D eigenvalue weighted by Crippen LogP contribution is 2.27. The van der Waals surface area contributed by atoms with Gasteiger partial charge in [0.15, 0.2) is 0 Å². The predicted octanol–water partition coefficient (Wildman–Crippen LogP) is 3.11. The van der Waals surface area contributed by atoms with Gasteiger partial charge in [0, 0.05) is 31.1 Å². The SMILES string of the molecule is Cc1nnc([C@@H]2CN(C(=O)c3ccccc3)CCCN2C(=O)c2ccccc2)o1. The second kappa shape index (κ2) is 8.26. The molecule has 0 radical (unpaired) electrons. The van der Waals surface area contributed by atoms with Crippen molar-refractivity contribution >= 4 is 11.8 Å². The Kier molecular flexibility index (Phi) is 5.37. The summed E-state index contributed by atoms with van der Waals surface area (Å²) in [5.74, 6) is 0.596. The van der Waals surface area contributed by atoms with E-state index < -0.39 is 6.04 Å². The van der Waals surface area contributed by atoms with Gasteiger partial charge in [-0.2, -0.15) is 0 Å². The molecule has 2 aromatic carbocycles. The molecule has 7 nitrogen and oxygen atoms in total.